The van der Waals surface area contributed by atoms with E-state index in [2.05, 4.69) is 4.98 Å². The van der Waals surface area contributed by atoms with E-state index in [0.29, 0.717) is 12.2 Å². The summed E-state index contributed by atoms with van der Waals surface area (Å²) in [6.45, 7) is 4.10. The molecule has 4 heteroatoms. The molecule has 0 aliphatic rings. The van der Waals surface area contributed by atoms with Crippen molar-refractivity contribution < 1.29 is 9.53 Å². The summed E-state index contributed by atoms with van der Waals surface area (Å²) in [5.74, 6) is -0.329. The molecule has 24 heavy (non-hydrogen) atoms. The van der Waals surface area contributed by atoms with Crippen LogP contribution in [-0.4, -0.2) is 17.6 Å². The first-order valence-corrected chi connectivity index (χ1v) is 8.20. The summed E-state index contributed by atoms with van der Waals surface area (Å²) in [6, 6.07) is 17.4. The highest BCUT2D eigenvalue weighted by atomic mass is 35.5. The van der Waals surface area contributed by atoms with Crippen molar-refractivity contribution in [3.63, 3.8) is 0 Å². The van der Waals surface area contributed by atoms with Gasteiger partial charge in [-0.1, -0.05) is 48.0 Å². The van der Waals surface area contributed by atoms with Crippen LogP contribution < -0.4 is 0 Å². The van der Waals surface area contributed by atoms with E-state index in [4.69, 9.17) is 16.3 Å². The minimum absolute atomic E-state index is 0.329. The van der Waals surface area contributed by atoms with Crippen LogP contribution in [0.5, 0.6) is 0 Å². The molecule has 0 bridgehead atoms. The van der Waals surface area contributed by atoms with Crippen molar-refractivity contribution >= 4 is 17.6 Å². The Morgan fingerprint density at radius 2 is 1.83 bits per heavy atom. The van der Waals surface area contributed by atoms with E-state index in [1.54, 1.807) is 6.92 Å². The smallest absolute Gasteiger partial charge is 0.340 e. The number of esters is 1. The molecule has 0 fully saturated rings. The van der Waals surface area contributed by atoms with Gasteiger partial charge in [0.05, 0.1) is 17.9 Å². The summed E-state index contributed by atoms with van der Waals surface area (Å²) in [4.78, 5) is 15.7. The first kappa shape index (κ1) is 16.3. The number of aromatic nitrogens is 1. The lowest BCUT2D eigenvalue weighted by Crippen LogP contribution is -2.04. The number of nitrogens with one attached hydrogen (secondary N) is 1. The molecule has 122 valence electrons. The van der Waals surface area contributed by atoms with Crippen LogP contribution in [0.1, 0.15) is 22.8 Å². The molecule has 0 aliphatic heterocycles. The Morgan fingerprint density at radius 1 is 1.08 bits per heavy atom. The molecule has 0 spiro atoms. The first-order valence-electron chi connectivity index (χ1n) is 7.82. The molecule has 3 aromatic rings. The number of benzene rings is 2. The molecule has 0 unspecified atom stereocenters. The van der Waals surface area contributed by atoms with Gasteiger partial charge in [0.25, 0.3) is 0 Å². The molecule has 0 saturated heterocycles. The Kier molecular flexibility index (Phi) is 4.72. The number of carbonyl (C=O) groups is 1. The quantitative estimate of drug-likeness (QED) is 0.639. The van der Waals surface area contributed by atoms with Gasteiger partial charge in [-0.05, 0) is 48.7 Å². The van der Waals surface area contributed by atoms with E-state index in [1.807, 2.05) is 61.5 Å². The number of carbonyl (C=O) groups excluding carboxylic acids is 1. The van der Waals surface area contributed by atoms with Crippen molar-refractivity contribution in [3.8, 4) is 22.5 Å². The molecule has 0 aliphatic carbocycles. The average molecular weight is 340 g/mol. The second-order valence-electron chi connectivity index (χ2n) is 5.52. The third-order valence-electron chi connectivity index (χ3n) is 3.84. The molecule has 1 aromatic heterocycles. The van der Waals surface area contributed by atoms with Gasteiger partial charge in [0.15, 0.2) is 0 Å². The number of aryl methyl sites for hydroxylation is 1. The summed E-state index contributed by atoms with van der Waals surface area (Å²) < 4.78 is 5.20. The largest absolute Gasteiger partial charge is 0.462 e. The van der Waals surface area contributed by atoms with Crippen molar-refractivity contribution in [2.75, 3.05) is 6.61 Å². The molecule has 0 amide bonds. The van der Waals surface area contributed by atoms with Crippen molar-refractivity contribution in [2.45, 2.75) is 13.8 Å². The number of halogens is 1. The monoisotopic (exact) mass is 339 g/mol. The molecule has 3 nitrogen and oxygen atoms in total. The van der Waals surface area contributed by atoms with Crippen LogP contribution in [-0.2, 0) is 4.74 Å². The van der Waals surface area contributed by atoms with Gasteiger partial charge in [-0.15, -0.1) is 0 Å². The number of rotatable bonds is 4. The topological polar surface area (TPSA) is 42.1 Å². The Hall–Kier alpha value is -2.52. The summed E-state index contributed by atoms with van der Waals surface area (Å²) in [5.41, 5.74) is 5.06. The Labute approximate surface area is 146 Å². The van der Waals surface area contributed by atoms with Gasteiger partial charge in [0.1, 0.15) is 0 Å². The fourth-order valence-electron chi connectivity index (χ4n) is 2.62. The van der Waals surface area contributed by atoms with Crippen LogP contribution in [0.3, 0.4) is 0 Å². The SMILES string of the molecule is CCOC(=O)c1cc(-c2ccc(Cl)c(C)c2)[nH]c1-c1ccccc1. The van der Waals surface area contributed by atoms with E-state index in [-0.39, 0.29) is 5.97 Å². The highest BCUT2D eigenvalue weighted by Crippen LogP contribution is 2.31. The molecule has 1 N–H and O–H groups in total. The van der Waals surface area contributed by atoms with E-state index in [1.165, 1.54) is 0 Å². The number of hydrogen-bond acceptors (Lipinski definition) is 2. The molecule has 2 aromatic carbocycles. The second-order valence-corrected chi connectivity index (χ2v) is 5.93. The van der Waals surface area contributed by atoms with Gasteiger partial charge in [-0.3, -0.25) is 0 Å². The van der Waals surface area contributed by atoms with Gasteiger partial charge >= 0.3 is 5.97 Å². The van der Waals surface area contributed by atoms with Crippen LogP contribution in [0.4, 0.5) is 0 Å². The second kappa shape index (κ2) is 6.93. The third kappa shape index (κ3) is 3.22. The third-order valence-corrected chi connectivity index (χ3v) is 4.27. The maximum absolute atomic E-state index is 12.3. The highest BCUT2D eigenvalue weighted by Gasteiger charge is 2.18. The van der Waals surface area contributed by atoms with Gasteiger partial charge in [0.2, 0.25) is 0 Å². The van der Waals surface area contributed by atoms with Gasteiger partial charge < -0.3 is 9.72 Å². The standard InChI is InChI=1S/C20H18ClNO2/c1-3-24-20(23)16-12-18(15-9-10-17(21)13(2)11-15)22-19(16)14-7-5-4-6-8-14/h4-12,22H,3H2,1-2H3. The van der Waals surface area contributed by atoms with Crippen LogP contribution >= 0.6 is 11.6 Å². The van der Waals surface area contributed by atoms with Crippen molar-refractivity contribution in [2.24, 2.45) is 0 Å². The lowest BCUT2D eigenvalue weighted by Gasteiger charge is -2.04. The normalized spacial score (nSPS) is 10.6. The van der Waals surface area contributed by atoms with Gasteiger partial charge in [-0.25, -0.2) is 4.79 Å². The molecular weight excluding hydrogens is 322 g/mol. The maximum Gasteiger partial charge on any atom is 0.340 e. The van der Waals surface area contributed by atoms with E-state index >= 15 is 0 Å². The van der Waals surface area contributed by atoms with Crippen molar-refractivity contribution in [1.82, 2.24) is 4.98 Å². The molecule has 0 atom stereocenters. The number of H-pyrrole nitrogens is 1. The van der Waals surface area contributed by atoms with Gasteiger partial charge in [0, 0.05) is 10.7 Å². The van der Waals surface area contributed by atoms with Crippen LogP contribution in [0, 0.1) is 6.92 Å². The Balaban J connectivity index is 2.12. The lowest BCUT2D eigenvalue weighted by atomic mass is 10.1. The lowest BCUT2D eigenvalue weighted by molar-refractivity contribution is 0.0527. The minimum atomic E-state index is -0.329. The van der Waals surface area contributed by atoms with E-state index in [0.717, 1.165) is 33.1 Å². The summed E-state index contributed by atoms with van der Waals surface area (Å²) in [5, 5.41) is 0.721. The summed E-state index contributed by atoms with van der Waals surface area (Å²) in [6.07, 6.45) is 0. The highest BCUT2D eigenvalue weighted by molar-refractivity contribution is 6.31. The predicted octanol–water partition coefficient (Wildman–Crippen LogP) is 5.49. The summed E-state index contributed by atoms with van der Waals surface area (Å²) >= 11 is 6.11. The Morgan fingerprint density at radius 3 is 2.50 bits per heavy atom. The predicted molar refractivity (Wildman–Crippen MR) is 97.4 cm³/mol. The Bertz CT molecular complexity index is 869. The molecule has 3 rings (SSSR count). The number of hydrogen-bond donors (Lipinski definition) is 1. The van der Waals surface area contributed by atoms with Crippen LogP contribution in [0.25, 0.3) is 22.5 Å². The zero-order chi connectivity index (χ0) is 17.1. The summed E-state index contributed by atoms with van der Waals surface area (Å²) in [7, 11) is 0. The van der Waals surface area contributed by atoms with Gasteiger partial charge in [-0.2, -0.15) is 0 Å². The molecule has 0 radical (unpaired) electrons. The fourth-order valence-corrected chi connectivity index (χ4v) is 2.74. The van der Waals surface area contributed by atoms with E-state index < -0.39 is 0 Å². The minimum Gasteiger partial charge on any atom is -0.462 e. The maximum atomic E-state index is 12.3. The average Bonchev–Trinajstić information content (AvgIpc) is 3.04. The number of ether oxygens (including phenoxy) is 1. The molecular formula is C20H18ClNO2. The fraction of sp³-hybridized carbons (Fsp3) is 0.150. The van der Waals surface area contributed by atoms with Crippen LogP contribution in [0.2, 0.25) is 5.02 Å². The van der Waals surface area contributed by atoms with Crippen molar-refractivity contribution in [3.05, 3.63) is 70.7 Å². The zero-order valence-electron chi connectivity index (χ0n) is 13.6. The van der Waals surface area contributed by atoms with Crippen molar-refractivity contribution in [1.29, 1.82) is 0 Å². The zero-order valence-corrected chi connectivity index (χ0v) is 14.4. The van der Waals surface area contributed by atoms with E-state index in [9.17, 15) is 4.79 Å². The molecule has 0 saturated carbocycles. The molecule has 1 heterocycles. The van der Waals surface area contributed by atoms with Crippen LogP contribution in [0.15, 0.2) is 54.6 Å². The number of aromatic amines is 1. The first-order chi connectivity index (χ1) is 11.6.